The number of amides is 1. The number of aliphatic imine (C=N–C) groups is 1. The monoisotopic (exact) mass is 391 g/mol. The molecule has 0 saturated carbocycles. The van der Waals surface area contributed by atoms with Crippen LogP contribution in [0.25, 0.3) is 4.91 Å². The van der Waals surface area contributed by atoms with Crippen LogP contribution in [0.15, 0.2) is 47.2 Å². The zero-order valence-electron chi connectivity index (χ0n) is 16.0. The summed E-state index contributed by atoms with van der Waals surface area (Å²) in [6, 6.07) is 7.04. The second-order valence-electron chi connectivity index (χ2n) is 5.13. The predicted molar refractivity (Wildman–Crippen MR) is 109 cm³/mol. The first-order chi connectivity index (χ1) is 12.9. The number of pyridine rings is 1. The smallest absolute Gasteiger partial charge is 0.262 e. The Morgan fingerprint density at radius 3 is 2.41 bits per heavy atom. The molecule has 0 saturated heterocycles. The first kappa shape index (κ1) is 22.5. The summed E-state index contributed by atoms with van der Waals surface area (Å²) in [6.07, 6.45) is 4.76. The molecule has 0 fully saturated rings. The average molecular weight is 391 g/mol. The molecule has 0 aliphatic heterocycles. The molecule has 7 heteroatoms. The number of halogens is 2. The van der Waals surface area contributed by atoms with Crippen molar-refractivity contribution < 1.29 is 13.6 Å². The number of benzene rings is 1. The normalized spacial score (nSPS) is 11.5. The molecular formula is C20H23F2N3OS. The minimum Gasteiger partial charge on any atom is -0.313 e. The standard InChI is InChI=1S/C18H17F2N3OS.C2H6/c1-11-9-13(7-8-21-11)17(25-3)12(2)22-10-23-18(24)16-14(19)5-4-6-15(16)20;1-2/h4-10H,1-3H3,(H,22,23,24);1-2H3/b17-12-;. The number of nitrogens with zero attached hydrogens (tertiary/aromatic N) is 2. The van der Waals surface area contributed by atoms with Crippen LogP contribution in [0.3, 0.4) is 0 Å². The number of rotatable bonds is 5. The highest BCUT2D eigenvalue weighted by Gasteiger charge is 2.15. The largest absolute Gasteiger partial charge is 0.313 e. The molecular weight excluding hydrogens is 368 g/mol. The number of allylic oxidation sites excluding steroid dienone is 1. The van der Waals surface area contributed by atoms with Gasteiger partial charge in [-0.3, -0.25) is 9.78 Å². The van der Waals surface area contributed by atoms with Crippen molar-refractivity contribution in [2.75, 3.05) is 6.26 Å². The third-order valence-corrected chi connectivity index (χ3v) is 4.27. The fraction of sp³-hybridized carbons (Fsp3) is 0.250. The van der Waals surface area contributed by atoms with E-state index in [9.17, 15) is 13.6 Å². The maximum Gasteiger partial charge on any atom is 0.262 e. The Kier molecular flexibility index (Phi) is 9.36. The van der Waals surface area contributed by atoms with Gasteiger partial charge in [0.1, 0.15) is 17.2 Å². The van der Waals surface area contributed by atoms with Gasteiger partial charge in [0.25, 0.3) is 5.91 Å². The Balaban J connectivity index is 0.00000176. The van der Waals surface area contributed by atoms with Gasteiger partial charge in [0.2, 0.25) is 0 Å². The molecule has 2 aromatic rings. The van der Waals surface area contributed by atoms with Gasteiger partial charge >= 0.3 is 0 Å². The van der Waals surface area contributed by atoms with E-state index in [2.05, 4.69) is 15.3 Å². The lowest BCUT2D eigenvalue weighted by Crippen LogP contribution is -2.24. The van der Waals surface area contributed by atoms with E-state index in [1.165, 1.54) is 17.8 Å². The topological polar surface area (TPSA) is 54.4 Å². The molecule has 0 bridgehead atoms. The first-order valence-electron chi connectivity index (χ1n) is 8.39. The van der Waals surface area contributed by atoms with E-state index < -0.39 is 23.1 Å². The molecule has 2 rings (SSSR count). The molecule has 0 radical (unpaired) electrons. The van der Waals surface area contributed by atoms with Crippen molar-refractivity contribution in [2.24, 2.45) is 4.99 Å². The van der Waals surface area contributed by atoms with E-state index in [0.29, 0.717) is 5.70 Å². The summed E-state index contributed by atoms with van der Waals surface area (Å²) in [5.41, 5.74) is 1.86. The van der Waals surface area contributed by atoms with Crippen molar-refractivity contribution in [3.8, 4) is 0 Å². The fourth-order valence-electron chi connectivity index (χ4n) is 2.19. The van der Waals surface area contributed by atoms with Crippen LogP contribution < -0.4 is 5.32 Å². The molecule has 27 heavy (non-hydrogen) atoms. The van der Waals surface area contributed by atoms with E-state index in [4.69, 9.17) is 0 Å². The third kappa shape index (κ3) is 6.29. The van der Waals surface area contributed by atoms with Gasteiger partial charge in [-0.05, 0) is 49.9 Å². The van der Waals surface area contributed by atoms with Crippen molar-refractivity contribution in [1.82, 2.24) is 10.3 Å². The van der Waals surface area contributed by atoms with Crippen LogP contribution >= 0.6 is 11.8 Å². The van der Waals surface area contributed by atoms with Crippen LogP contribution in [-0.2, 0) is 0 Å². The van der Waals surface area contributed by atoms with Gasteiger partial charge in [0.05, 0.1) is 12.0 Å². The highest BCUT2D eigenvalue weighted by molar-refractivity contribution is 8.07. The average Bonchev–Trinajstić information content (AvgIpc) is 2.64. The molecule has 0 aliphatic rings. The number of nitrogens with one attached hydrogen (secondary N) is 1. The quantitative estimate of drug-likeness (QED) is 0.563. The lowest BCUT2D eigenvalue weighted by atomic mass is 10.2. The molecule has 0 unspecified atom stereocenters. The summed E-state index contributed by atoms with van der Waals surface area (Å²) < 4.78 is 27.1. The molecule has 0 aliphatic carbocycles. The highest BCUT2D eigenvalue weighted by Crippen LogP contribution is 2.29. The van der Waals surface area contributed by atoms with E-state index >= 15 is 0 Å². The Morgan fingerprint density at radius 2 is 1.85 bits per heavy atom. The molecule has 4 nitrogen and oxygen atoms in total. The fourth-order valence-corrected chi connectivity index (χ4v) is 2.91. The minimum atomic E-state index is -0.921. The van der Waals surface area contributed by atoms with E-state index in [1.54, 1.807) is 13.1 Å². The molecule has 1 N–H and O–H groups in total. The third-order valence-electron chi connectivity index (χ3n) is 3.34. The van der Waals surface area contributed by atoms with E-state index in [-0.39, 0.29) is 0 Å². The van der Waals surface area contributed by atoms with Crippen LogP contribution in [0, 0.1) is 18.6 Å². The summed E-state index contributed by atoms with van der Waals surface area (Å²) in [6.45, 7) is 7.68. The zero-order chi connectivity index (χ0) is 20.4. The molecule has 0 spiro atoms. The summed E-state index contributed by atoms with van der Waals surface area (Å²) in [5.74, 6) is -2.73. The van der Waals surface area contributed by atoms with E-state index in [1.807, 2.05) is 39.2 Å². The number of carbonyl (C=O) groups is 1. The lowest BCUT2D eigenvalue weighted by Gasteiger charge is -2.08. The minimum absolute atomic E-state index is 0.634. The first-order valence-corrected chi connectivity index (χ1v) is 9.61. The van der Waals surface area contributed by atoms with Crippen molar-refractivity contribution in [3.63, 3.8) is 0 Å². The number of hydrogen-bond donors (Lipinski definition) is 1. The number of carbonyl (C=O) groups excluding carboxylic acids is 1. The SMILES string of the molecule is CC.CS/C(=C(/C)N=CNC(=O)c1c(F)cccc1F)c1ccnc(C)c1. The second-order valence-corrected chi connectivity index (χ2v) is 5.95. The molecule has 144 valence electrons. The molecule has 1 heterocycles. The van der Waals surface area contributed by atoms with Crippen LogP contribution in [-0.4, -0.2) is 23.5 Å². The molecule has 0 atom stereocenters. The summed E-state index contributed by atoms with van der Waals surface area (Å²) in [7, 11) is 0. The van der Waals surface area contributed by atoms with E-state index in [0.717, 1.165) is 34.6 Å². The number of aryl methyl sites for hydroxylation is 1. The van der Waals surface area contributed by atoms with Crippen LogP contribution in [0.1, 0.15) is 42.4 Å². The van der Waals surface area contributed by atoms with Gasteiger partial charge in [0.15, 0.2) is 0 Å². The zero-order valence-corrected chi connectivity index (χ0v) is 16.8. The van der Waals surface area contributed by atoms with Gasteiger partial charge in [-0.1, -0.05) is 19.9 Å². The number of hydrogen-bond acceptors (Lipinski definition) is 4. The summed E-state index contributed by atoms with van der Waals surface area (Å²) >= 11 is 1.51. The summed E-state index contributed by atoms with van der Waals surface area (Å²) in [4.78, 5) is 21.1. The van der Waals surface area contributed by atoms with Crippen LogP contribution in [0.2, 0.25) is 0 Å². The highest BCUT2D eigenvalue weighted by atomic mass is 32.2. The van der Waals surface area contributed by atoms with Gasteiger partial charge in [-0.2, -0.15) is 0 Å². The van der Waals surface area contributed by atoms with Gasteiger partial charge < -0.3 is 5.32 Å². The molecule has 1 aromatic carbocycles. The number of thioether (sulfide) groups is 1. The maximum absolute atomic E-state index is 13.6. The van der Waals surface area contributed by atoms with Crippen LogP contribution in [0.4, 0.5) is 8.78 Å². The predicted octanol–water partition coefficient (Wildman–Crippen LogP) is 5.20. The second kappa shape index (κ2) is 11.2. The van der Waals surface area contributed by atoms with Gasteiger partial charge in [-0.15, -0.1) is 11.8 Å². The van der Waals surface area contributed by atoms with Crippen molar-refractivity contribution in [3.05, 3.63) is 70.7 Å². The van der Waals surface area contributed by atoms with Crippen molar-refractivity contribution in [2.45, 2.75) is 27.7 Å². The maximum atomic E-state index is 13.6. The molecule has 1 aromatic heterocycles. The Hall–Kier alpha value is -2.54. The Bertz CT molecular complexity index is 831. The van der Waals surface area contributed by atoms with Crippen molar-refractivity contribution >= 4 is 28.9 Å². The summed E-state index contributed by atoms with van der Waals surface area (Å²) in [5, 5.41) is 2.29. The lowest BCUT2D eigenvalue weighted by molar-refractivity contribution is 0.0970. The molecule has 1 amide bonds. The Morgan fingerprint density at radius 1 is 1.22 bits per heavy atom. The number of aromatic nitrogens is 1. The van der Waals surface area contributed by atoms with Gasteiger partial charge in [-0.25, -0.2) is 13.8 Å². The van der Waals surface area contributed by atoms with Gasteiger partial charge in [0, 0.05) is 16.8 Å². The Labute approximate surface area is 162 Å². The van der Waals surface area contributed by atoms with Crippen molar-refractivity contribution in [1.29, 1.82) is 0 Å². The van der Waals surface area contributed by atoms with Crippen LogP contribution in [0.5, 0.6) is 0 Å².